The van der Waals surface area contributed by atoms with E-state index < -0.39 is 0 Å². The van der Waals surface area contributed by atoms with Gasteiger partial charge in [-0.15, -0.1) is 0 Å². The molecule has 2 rings (SSSR count). The van der Waals surface area contributed by atoms with Crippen LogP contribution < -0.4 is 11.1 Å². The van der Waals surface area contributed by atoms with Crippen LogP contribution in [-0.4, -0.2) is 24.7 Å². The van der Waals surface area contributed by atoms with Gasteiger partial charge in [0, 0.05) is 36.0 Å². The molecule has 0 saturated carbocycles. The second-order valence-corrected chi connectivity index (χ2v) is 5.37. The number of thiocarbonyl (C=S) groups is 1. The molecule has 1 aromatic rings. The molecule has 1 heterocycles. The third kappa shape index (κ3) is 3.57. The fourth-order valence-corrected chi connectivity index (χ4v) is 2.43. The van der Waals surface area contributed by atoms with Gasteiger partial charge >= 0.3 is 0 Å². The highest BCUT2D eigenvalue weighted by molar-refractivity contribution is 7.80. The van der Waals surface area contributed by atoms with Gasteiger partial charge in [0.25, 0.3) is 0 Å². The molecule has 0 aromatic heterocycles. The summed E-state index contributed by atoms with van der Waals surface area (Å²) in [5, 5.41) is 4.08. The van der Waals surface area contributed by atoms with Crippen molar-refractivity contribution in [2.75, 3.05) is 25.1 Å². The molecule has 98 valence electrons. The smallest absolute Gasteiger partial charge is 0.106 e. The van der Waals surface area contributed by atoms with E-state index >= 15 is 0 Å². The number of nitrogens with two attached hydrogens (primary N) is 1. The van der Waals surface area contributed by atoms with Gasteiger partial charge in [0.2, 0.25) is 0 Å². The van der Waals surface area contributed by atoms with Gasteiger partial charge in [-0.05, 0) is 37.0 Å². The highest BCUT2D eigenvalue weighted by atomic mass is 35.5. The molecule has 0 aliphatic carbocycles. The maximum absolute atomic E-state index is 6.00. The van der Waals surface area contributed by atoms with E-state index in [4.69, 9.17) is 34.3 Å². The Morgan fingerprint density at radius 2 is 2.17 bits per heavy atom. The maximum atomic E-state index is 6.00. The Bertz CT molecular complexity index is 433. The Balaban J connectivity index is 2.03. The normalized spacial score (nSPS) is 16.5. The van der Waals surface area contributed by atoms with E-state index in [9.17, 15) is 0 Å². The summed E-state index contributed by atoms with van der Waals surface area (Å²) >= 11 is 11.0. The summed E-state index contributed by atoms with van der Waals surface area (Å²) in [5.74, 6) is 0.636. The Labute approximate surface area is 118 Å². The van der Waals surface area contributed by atoms with Crippen LogP contribution in [0.15, 0.2) is 18.2 Å². The van der Waals surface area contributed by atoms with Crippen LogP contribution in [0.1, 0.15) is 18.4 Å². The Kier molecular flexibility index (Phi) is 4.80. The summed E-state index contributed by atoms with van der Waals surface area (Å²) in [4.78, 5) is 0.390. The minimum atomic E-state index is 0.390. The molecule has 0 atom stereocenters. The van der Waals surface area contributed by atoms with Crippen molar-refractivity contribution >= 4 is 34.5 Å². The van der Waals surface area contributed by atoms with Gasteiger partial charge in [0.1, 0.15) is 4.99 Å². The Morgan fingerprint density at radius 3 is 2.83 bits per heavy atom. The van der Waals surface area contributed by atoms with Crippen LogP contribution in [-0.2, 0) is 4.74 Å². The highest BCUT2D eigenvalue weighted by Gasteiger charge is 2.14. The number of benzene rings is 1. The topological polar surface area (TPSA) is 47.3 Å². The molecular formula is C13H17ClN2OS. The van der Waals surface area contributed by atoms with Gasteiger partial charge in [-0.1, -0.05) is 23.8 Å². The number of nitrogens with one attached hydrogen (secondary N) is 1. The second-order valence-electron chi connectivity index (χ2n) is 4.49. The molecule has 3 nitrogen and oxygen atoms in total. The number of hydrogen-bond donors (Lipinski definition) is 2. The van der Waals surface area contributed by atoms with E-state index in [2.05, 4.69) is 5.32 Å². The zero-order valence-electron chi connectivity index (χ0n) is 10.1. The van der Waals surface area contributed by atoms with Crippen LogP contribution in [0.5, 0.6) is 0 Å². The lowest BCUT2D eigenvalue weighted by Gasteiger charge is -2.23. The summed E-state index contributed by atoms with van der Waals surface area (Å²) < 4.78 is 5.34. The lowest BCUT2D eigenvalue weighted by atomic mass is 10.00. The highest BCUT2D eigenvalue weighted by Crippen LogP contribution is 2.23. The fraction of sp³-hybridized carbons (Fsp3) is 0.462. The predicted octanol–water partition coefficient (Wildman–Crippen LogP) is 2.81. The van der Waals surface area contributed by atoms with E-state index in [1.165, 1.54) is 0 Å². The first-order chi connectivity index (χ1) is 8.66. The molecule has 0 spiro atoms. The summed E-state index contributed by atoms with van der Waals surface area (Å²) in [6.45, 7) is 2.60. The first-order valence-electron chi connectivity index (χ1n) is 6.08. The zero-order chi connectivity index (χ0) is 13.0. The van der Waals surface area contributed by atoms with Gasteiger partial charge in [0.15, 0.2) is 0 Å². The summed E-state index contributed by atoms with van der Waals surface area (Å²) in [6, 6.07) is 5.53. The molecule has 1 aliphatic heterocycles. The lowest BCUT2D eigenvalue weighted by molar-refractivity contribution is 0.0699. The van der Waals surface area contributed by atoms with Crippen molar-refractivity contribution in [1.82, 2.24) is 0 Å². The van der Waals surface area contributed by atoms with E-state index in [1.807, 2.05) is 12.1 Å². The molecule has 0 unspecified atom stereocenters. The number of hydrogen-bond acceptors (Lipinski definition) is 3. The number of ether oxygens (including phenoxy) is 1. The first-order valence-corrected chi connectivity index (χ1v) is 6.86. The lowest BCUT2D eigenvalue weighted by Crippen LogP contribution is -2.23. The van der Waals surface area contributed by atoms with Crippen LogP contribution in [0.2, 0.25) is 5.02 Å². The average Bonchev–Trinajstić information content (AvgIpc) is 2.37. The van der Waals surface area contributed by atoms with Crippen molar-refractivity contribution in [1.29, 1.82) is 0 Å². The van der Waals surface area contributed by atoms with Gasteiger partial charge in [-0.25, -0.2) is 0 Å². The van der Waals surface area contributed by atoms with Crippen molar-refractivity contribution in [3.8, 4) is 0 Å². The third-order valence-corrected chi connectivity index (χ3v) is 3.62. The molecular weight excluding hydrogens is 268 g/mol. The van der Waals surface area contributed by atoms with Gasteiger partial charge in [-0.2, -0.15) is 0 Å². The monoisotopic (exact) mass is 284 g/mol. The van der Waals surface area contributed by atoms with Crippen LogP contribution in [0, 0.1) is 5.92 Å². The quantitative estimate of drug-likeness (QED) is 0.835. The standard InChI is InChI=1S/C13H17ClN2OS/c14-10-1-2-11(13(15)18)12(7-10)16-8-9-3-5-17-6-4-9/h1-2,7,9,16H,3-6,8H2,(H2,15,18). The molecule has 0 radical (unpaired) electrons. The Morgan fingerprint density at radius 1 is 1.44 bits per heavy atom. The van der Waals surface area contributed by atoms with Gasteiger partial charge in [-0.3, -0.25) is 0 Å². The number of halogens is 1. The van der Waals surface area contributed by atoms with Crippen LogP contribution in [0.25, 0.3) is 0 Å². The predicted molar refractivity (Wildman–Crippen MR) is 79.4 cm³/mol. The zero-order valence-corrected chi connectivity index (χ0v) is 11.7. The van der Waals surface area contributed by atoms with Crippen molar-refractivity contribution in [3.63, 3.8) is 0 Å². The van der Waals surface area contributed by atoms with Crippen molar-refractivity contribution in [2.45, 2.75) is 12.8 Å². The van der Waals surface area contributed by atoms with Gasteiger partial charge < -0.3 is 15.8 Å². The largest absolute Gasteiger partial charge is 0.389 e. The molecule has 1 saturated heterocycles. The van der Waals surface area contributed by atoms with E-state index in [0.717, 1.165) is 43.9 Å². The Hall–Kier alpha value is -0.840. The van der Waals surface area contributed by atoms with Crippen molar-refractivity contribution in [2.24, 2.45) is 11.7 Å². The van der Waals surface area contributed by atoms with Gasteiger partial charge in [0.05, 0.1) is 0 Å². The third-order valence-electron chi connectivity index (χ3n) is 3.17. The van der Waals surface area contributed by atoms with Crippen molar-refractivity contribution < 1.29 is 4.74 Å². The molecule has 3 N–H and O–H groups in total. The number of rotatable bonds is 4. The van der Waals surface area contributed by atoms with E-state index in [0.29, 0.717) is 15.9 Å². The molecule has 0 bridgehead atoms. The summed E-state index contributed by atoms with van der Waals surface area (Å²) in [6.07, 6.45) is 2.19. The van der Waals surface area contributed by atoms with E-state index in [-0.39, 0.29) is 0 Å². The minimum Gasteiger partial charge on any atom is -0.389 e. The minimum absolute atomic E-state index is 0.390. The van der Waals surface area contributed by atoms with Crippen LogP contribution >= 0.6 is 23.8 Å². The SMILES string of the molecule is NC(=S)c1ccc(Cl)cc1NCC1CCOCC1. The molecule has 1 aliphatic rings. The summed E-state index contributed by atoms with van der Waals surface area (Å²) in [7, 11) is 0. The molecule has 18 heavy (non-hydrogen) atoms. The van der Waals surface area contributed by atoms with E-state index in [1.54, 1.807) is 6.07 Å². The second kappa shape index (κ2) is 6.36. The molecule has 0 amide bonds. The summed E-state index contributed by atoms with van der Waals surface area (Å²) in [5.41, 5.74) is 7.47. The molecule has 1 fully saturated rings. The maximum Gasteiger partial charge on any atom is 0.106 e. The van der Waals surface area contributed by atoms with Crippen molar-refractivity contribution in [3.05, 3.63) is 28.8 Å². The first kappa shape index (κ1) is 13.6. The van der Waals surface area contributed by atoms with Crippen LogP contribution in [0.3, 0.4) is 0 Å². The average molecular weight is 285 g/mol. The molecule has 5 heteroatoms. The fourth-order valence-electron chi connectivity index (χ4n) is 2.08. The number of anilines is 1. The van der Waals surface area contributed by atoms with Crippen LogP contribution in [0.4, 0.5) is 5.69 Å². The molecule has 1 aromatic carbocycles.